The molecule has 110 valence electrons. The Bertz CT molecular complexity index is 708. The maximum atomic E-state index is 12.5. The third-order valence-electron chi connectivity index (χ3n) is 3.55. The van der Waals surface area contributed by atoms with E-state index < -0.39 is 0 Å². The zero-order chi connectivity index (χ0) is 15.4. The van der Waals surface area contributed by atoms with Crippen molar-refractivity contribution >= 4 is 23.5 Å². The number of hydrazone groups is 1. The number of nitrogens with zero attached hydrogens (tertiary/aromatic N) is 3. The number of amides is 1. The molecule has 0 aromatic heterocycles. The van der Waals surface area contributed by atoms with Crippen LogP contribution in [0.1, 0.15) is 12.5 Å². The van der Waals surface area contributed by atoms with Crippen molar-refractivity contribution in [2.45, 2.75) is 13.5 Å². The van der Waals surface area contributed by atoms with E-state index in [9.17, 15) is 4.79 Å². The molecule has 0 fully saturated rings. The van der Waals surface area contributed by atoms with Crippen LogP contribution in [0, 0.1) is 5.92 Å². The number of carbonyl (C=O) groups is 1. The summed E-state index contributed by atoms with van der Waals surface area (Å²) in [6.07, 6.45) is 1.71. The van der Waals surface area contributed by atoms with Crippen molar-refractivity contribution < 1.29 is 4.79 Å². The highest BCUT2D eigenvalue weighted by Gasteiger charge is 2.32. The molecule has 0 spiro atoms. The van der Waals surface area contributed by atoms with E-state index >= 15 is 0 Å². The molecule has 3 rings (SSSR count). The monoisotopic (exact) mass is 291 g/mol. The Balaban J connectivity index is 1.71. The summed E-state index contributed by atoms with van der Waals surface area (Å²) in [5.74, 6) is -0.426. The number of carbonyl (C=O) groups excluding carboxylic acids is 1. The number of anilines is 1. The zero-order valence-corrected chi connectivity index (χ0v) is 12.4. The average Bonchev–Trinajstić information content (AvgIpc) is 2.85. The van der Waals surface area contributed by atoms with Crippen LogP contribution in [0.4, 0.5) is 5.69 Å². The molecule has 0 bridgehead atoms. The first-order valence-electron chi connectivity index (χ1n) is 7.23. The van der Waals surface area contributed by atoms with Crippen molar-refractivity contribution in [2.75, 3.05) is 5.01 Å². The second kappa shape index (κ2) is 6.35. The number of para-hydroxylation sites is 1. The van der Waals surface area contributed by atoms with Crippen LogP contribution in [0.25, 0.3) is 0 Å². The molecule has 0 unspecified atom stereocenters. The van der Waals surface area contributed by atoms with Crippen LogP contribution in [0.3, 0.4) is 0 Å². The van der Waals surface area contributed by atoms with E-state index in [1.54, 1.807) is 6.21 Å². The van der Waals surface area contributed by atoms with Gasteiger partial charge in [-0.15, -0.1) is 0 Å². The topological polar surface area (TPSA) is 45.0 Å². The highest BCUT2D eigenvalue weighted by atomic mass is 16.2. The molecule has 1 heterocycles. The molecule has 1 aliphatic heterocycles. The van der Waals surface area contributed by atoms with Crippen LogP contribution in [-0.4, -0.2) is 17.8 Å². The number of benzene rings is 2. The van der Waals surface area contributed by atoms with Crippen LogP contribution in [0.15, 0.2) is 70.8 Å². The first-order chi connectivity index (χ1) is 10.8. The summed E-state index contributed by atoms with van der Waals surface area (Å²) >= 11 is 0. The van der Waals surface area contributed by atoms with Crippen LogP contribution in [0.5, 0.6) is 0 Å². The Labute approximate surface area is 129 Å². The molecule has 4 heteroatoms. The fourth-order valence-electron chi connectivity index (χ4n) is 2.35. The summed E-state index contributed by atoms with van der Waals surface area (Å²) in [5, 5.41) is 5.81. The van der Waals surface area contributed by atoms with E-state index in [1.165, 1.54) is 5.01 Å². The molecular weight excluding hydrogens is 274 g/mol. The molecule has 1 atom stereocenters. The number of hydrogen-bond donors (Lipinski definition) is 0. The van der Waals surface area contributed by atoms with E-state index in [0.717, 1.165) is 17.0 Å². The lowest BCUT2D eigenvalue weighted by Gasteiger charge is -2.12. The zero-order valence-electron chi connectivity index (χ0n) is 12.4. The molecule has 0 saturated carbocycles. The maximum absolute atomic E-state index is 12.5. The van der Waals surface area contributed by atoms with E-state index in [2.05, 4.69) is 10.1 Å². The molecular formula is C18H17N3O. The lowest BCUT2D eigenvalue weighted by Crippen LogP contribution is -2.27. The predicted octanol–water partition coefficient (Wildman–Crippen LogP) is 3.30. The first kappa shape index (κ1) is 14.2. The van der Waals surface area contributed by atoms with Gasteiger partial charge in [-0.3, -0.25) is 9.79 Å². The van der Waals surface area contributed by atoms with Gasteiger partial charge in [0.1, 0.15) is 5.92 Å². The molecule has 1 aliphatic rings. The third-order valence-corrected chi connectivity index (χ3v) is 3.55. The van der Waals surface area contributed by atoms with Gasteiger partial charge in [0, 0.05) is 6.21 Å². The Morgan fingerprint density at radius 2 is 1.73 bits per heavy atom. The number of aliphatic imine (C=N–C) groups is 1. The Morgan fingerprint density at radius 3 is 2.41 bits per heavy atom. The third kappa shape index (κ3) is 2.96. The maximum Gasteiger partial charge on any atom is 0.261 e. The molecule has 2 aromatic rings. The van der Waals surface area contributed by atoms with E-state index in [-0.39, 0.29) is 11.8 Å². The van der Waals surface area contributed by atoms with Crippen LogP contribution in [0.2, 0.25) is 0 Å². The highest BCUT2D eigenvalue weighted by molar-refractivity contribution is 6.23. The minimum absolute atomic E-state index is 0.0551. The van der Waals surface area contributed by atoms with Gasteiger partial charge in [0.2, 0.25) is 0 Å². The largest absolute Gasteiger partial charge is 0.292 e. The molecule has 0 N–H and O–H groups in total. The summed E-state index contributed by atoms with van der Waals surface area (Å²) in [6, 6.07) is 19.4. The Morgan fingerprint density at radius 1 is 1.09 bits per heavy atom. The van der Waals surface area contributed by atoms with Gasteiger partial charge in [-0.25, -0.2) is 0 Å². The normalized spacial score (nSPS) is 18.0. The lowest BCUT2D eigenvalue weighted by atomic mass is 10.1. The van der Waals surface area contributed by atoms with Gasteiger partial charge >= 0.3 is 0 Å². The van der Waals surface area contributed by atoms with Gasteiger partial charge in [0.25, 0.3) is 5.91 Å². The quantitative estimate of drug-likeness (QED) is 0.797. The van der Waals surface area contributed by atoms with Crippen molar-refractivity contribution in [3.05, 3.63) is 66.2 Å². The number of rotatable bonds is 4. The number of hydrogen-bond acceptors (Lipinski definition) is 3. The second-order valence-corrected chi connectivity index (χ2v) is 5.18. The van der Waals surface area contributed by atoms with Crippen molar-refractivity contribution in [2.24, 2.45) is 16.0 Å². The van der Waals surface area contributed by atoms with Crippen molar-refractivity contribution in [1.29, 1.82) is 0 Å². The molecule has 0 saturated heterocycles. The standard InChI is InChI=1S/C18H17N3O/c1-14-17(13-19-12-15-8-4-2-5-9-15)18(22)21(20-14)16-10-6-3-7-11-16/h2-11,13,17H,12H2,1H3/t17-/m0/s1. The highest BCUT2D eigenvalue weighted by Crippen LogP contribution is 2.22. The SMILES string of the molecule is CC1=NN(c2ccccc2)C(=O)[C@H]1C=NCc1ccccc1. The summed E-state index contributed by atoms with van der Waals surface area (Å²) in [6.45, 7) is 2.43. The van der Waals surface area contributed by atoms with E-state index in [0.29, 0.717) is 6.54 Å². The van der Waals surface area contributed by atoms with Gasteiger partial charge in [-0.2, -0.15) is 10.1 Å². The predicted molar refractivity (Wildman–Crippen MR) is 89.2 cm³/mol. The molecule has 22 heavy (non-hydrogen) atoms. The van der Waals surface area contributed by atoms with Crippen molar-refractivity contribution in [3.8, 4) is 0 Å². The molecule has 4 nitrogen and oxygen atoms in total. The smallest absolute Gasteiger partial charge is 0.261 e. The van der Waals surface area contributed by atoms with Gasteiger partial charge in [-0.05, 0) is 24.6 Å². The lowest BCUT2D eigenvalue weighted by molar-refractivity contribution is -0.118. The van der Waals surface area contributed by atoms with E-state index in [4.69, 9.17) is 0 Å². The van der Waals surface area contributed by atoms with Gasteiger partial charge in [0.05, 0.1) is 17.9 Å². The van der Waals surface area contributed by atoms with E-state index in [1.807, 2.05) is 67.6 Å². The summed E-state index contributed by atoms with van der Waals surface area (Å²) < 4.78 is 0. The van der Waals surface area contributed by atoms with Crippen LogP contribution in [-0.2, 0) is 11.3 Å². The summed E-state index contributed by atoms with van der Waals surface area (Å²) in [4.78, 5) is 16.9. The molecule has 0 aliphatic carbocycles. The van der Waals surface area contributed by atoms with Crippen LogP contribution >= 0.6 is 0 Å². The fraction of sp³-hybridized carbons (Fsp3) is 0.167. The van der Waals surface area contributed by atoms with Crippen LogP contribution < -0.4 is 5.01 Å². The second-order valence-electron chi connectivity index (χ2n) is 5.18. The molecule has 2 aromatic carbocycles. The summed E-state index contributed by atoms with van der Waals surface area (Å²) in [7, 11) is 0. The minimum atomic E-state index is -0.371. The fourth-order valence-corrected chi connectivity index (χ4v) is 2.35. The van der Waals surface area contributed by atoms with Crippen molar-refractivity contribution in [3.63, 3.8) is 0 Å². The average molecular weight is 291 g/mol. The Hall–Kier alpha value is -2.75. The minimum Gasteiger partial charge on any atom is -0.292 e. The Kier molecular flexibility index (Phi) is 4.10. The first-order valence-corrected chi connectivity index (χ1v) is 7.23. The summed E-state index contributed by atoms with van der Waals surface area (Å²) in [5.41, 5.74) is 2.68. The van der Waals surface area contributed by atoms with Gasteiger partial charge < -0.3 is 0 Å². The molecule has 0 radical (unpaired) electrons. The van der Waals surface area contributed by atoms with Gasteiger partial charge in [0.15, 0.2) is 0 Å². The van der Waals surface area contributed by atoms with Gasteiger partial charge in [-0.1, -0.05) is 48.5 Å². The van der Waals surface area contributed by atoms with Crippen molar-refractivity contribution in [1.82, 2.24) is 0 Å². The molecule has 1 amide bonds.